The summed E-state index contributed by atoms with van der Waals surface area (Å²) in [6.07, 6.45) is 5.35. The summed E-state index contributed by atoms with van der Waals surface area (Å²) in [5.41, 5.74) is 1.88. The van der Waals surface area contributed by atoms with E-state index in [0.717, 1.165) is 16.5 Å². The Morgan fingerprint density at radius 1 is 1.38 bits per heavy atom. The van der Waals surface area contributed by atoms with Gasteiger partial charge in [0.2, 0.25) is 5.91 Å². The third-order valence-corrected chi connectivity index (χ3v) is 3.62. The second-order valence-corrected chi connectivity index (χ2v) is 5.22. The summed E-state index contributed by atoms with van der Waals surface area (Å²) in [6, 6.07) is 9.90. The Balaban J connectivity index is 1.80. The van der Waals surface area contributed by atoms with Crippen LogP contribution in [0.1, 0.15) is 12.5 Å². The second kappa shape index (κ2) is 6.06. The van der Waals surface area contributed by atoms with Crippen molar-refractivity contribution in [3.63, 3.8) is 0 Å². The fraction of sp³-hybridized carbons (Fsp3) is 0.294. The molecule has 1 aliphatic heterocycles. The topological polar surface area (TPSA) is 42.4 Å². The molecule has 0 N–H and O–H groups in total. The van der Waals surface area contributed by atoms with Gasteiger partial charge in [0.05, 0.1) is 18.2 Å². The number of para-hydroxylation sites is 1. The van der Waals surface area contributed by atoms with Crippen LogP contribution in [0.4, 0.5) is 0 Å². The van der Waals surface area contributed by atoms with E-state index in [9.17, 15) is 4.79 Å². The molecule has 108 valence electrons. The molecule has 1 saturated heterocycles. The van der Waals surface area contributed by atoms with E-state index < -0.39 is 0 Å². The smallest absolute Gasteiger partial charge is 0.246 e. The molecule has 1 fully saturated rings. The predicted molar refractivity (Wildman–Crippen MR) is 82.8 cm³/mol. The van der Waals surface area contributed by atoms with Crippen LogP contribution in [0.25, 0.3) is 17.0 Å². The molecule has 1 amide bonds. The number of fused-ring (bicyclic) bond motifs is 1. The molecular weight excluding hydrogens is 264 g/mol. The Morgan fingerprint density at radius 3 is 3.10 bits per heavy atom. The summed E-state index contributed by atoms with van der Waals surface area (Å²) < 4.78 is 5.45. The van der Waals surface area contributed by atoms with E-state index >= 15 is 0 Å². The molecule has 0 saturated carbocycles. The molecule has 1 unspecified atom stereocenters. The van der Waals surface area contributed by atoms with Gasteiger partial charge in [-0.1, -0.05) is 24.3 Å². The van der Waals surface area contributed by atoms with Crippen LogP contribution in [0, 0.1) is 0 Å². The number of rotatable bonds is 2. The van der Waals surface area contributed by atoms with E-state index in [1.807, 2.05) is 48.2 Å². The molecule has 0 radical (unpaired) electrons. The van der Waals surface area contributed by atoms with Crippen LogP contribution in [0.15, 0.2) is 42.6 Å². The fourth-order valence-corrected chi connectivity index (χ4v) is 2.55. The molecule has 2 aromatic rings. The predicted octanol–water partition coefficient (Wildman–Crippen LogP) is 2.50. The largest absolute Gasteiger partial charge is 0.375 e. The normalized spacial score (nSPS) is 19.3. The van der Waals surface area contributed by atoms with Gasteiger partial charge in [-0.25, -0.2) is 0 Å². The molecule has 4 heteroatoms. The lowest BCUT2D eigenvalue weighted by Gasteiger charge is -2.30. The van der Waals surface area contributed by atoms with E-state index in [0.29, 0.717) is 19.7 Å². The maximum Gasteiger partial charge on any atom is 0.246 e. The van der Waals surface area contributed by atoms with Crippen molar-refractivity contribution in [1.82, 2.24) is 9.88 Å². The number of carbonyl (C=O) groups is 1. The maximum absolute atomic E-state index is 12.2. The molecule has 1 atom stereocenters. The number of nitrogens with zero attached hydrogens (tertiary/aromatic N) is 2. The van der Waals surface area contributed by atoms with Gasteiger partial charge in [-0.05, 0) is 19.1 Å². The Bertz CT molecular complexity index is 676. The Hall–Kier alpha value is -2.20. The first kappa shape index (κ1) is 13.8. The van der Waals surface area contributed by atoms with Crippen LogP contribution < -0.4 is 0 Å². The number of benzene rings is 1. The summed E-state index contributed by atoms with van der Waals surface area (Å²) in [6.45, 7) is 3.90. The van der Waals surface area contributed by atoms with Gasteiger partial charge in [0.15, 0.2) is 0 Å². The number of hydrogen-bond acceptors (Lipinski definition) is 3. The van der Waals surface area contributed by atoms with E-state index in [-0.39, 0.29) is 12.0 Å². The summed E-state index contributed by atoms with van der Waals surface area (Å²) in [7, 11) is 0. The van der Waals surface area contributed by atoms with Crippen LogP contribution in [0.3, 0.4) is 0 Å². The molecule has 3 rings (SSSR count). The third-order valence-electron chi connectivity index (χ3n) is 3.62. The zero-order chi connectivity index (χ0) is 14.7. The first-order valence-corrected chi connectivity index (χ1v) is 7.16. The van der Waals surface area contributed by atoms with Gasteiger partial charge in [0, 0.05) is 36.3 Å². The minimum absolute atomic E-state index is 0.0260. The molecule has 1 aliphatic rings. The van der Waals surface area contributed by atoms with E-state index in [1.54, 1.807) is 12.3 Å². The fourth-order valence-electron chi connectivity index (χ4n) is 2.55. The number of pyridine rings is 1. The number of morpholine rings is 1. The lowest BCUT2D eigenvalue weighted by molar-refractivity contribution is -0.132. The lowest BCUT2D eigenvalue weighted by atomic mass is 10.1. The molecule has 0 bridgehead atoms. The number of hydrogen-bond donors (Lipinski definition) is 0. The first-order valence-electron chi connectivity index (χ1n) is 7.16. The highest BCUT2D eigenvalue weighted by molar-refractivity contribution is 5.95. The monoisotopic (exact) mass is 282 g/mol. The van der Waals surface area contributed by atoms with Crippen LogP contribution in [-0.2, 0) is 9.53 Å². The quantitative estimate of drug-likeness (QED) is 0.795. The van der Waals surface area contributed by atoms with Crippen molar-refractivity contribution in [3.05, 3.63) is 48.2 Å². The van der Waals surface area contributed by atoms with Gasteiger partial charge in [-0.15, -0.1) is 0 Å². The number of aromatic nitrogens is 1. The van der Waals surface area contributed by atoms with Gasteiger partial charge < -0.3 is 9.64 Å². The van der Waals surface area contributed by atoms with Crippen molar-refractivity contribution in [3.8, 4) is 0 Å². The van der Waals surface area contributed by atoms with Gasteiger partial charge in [0.25, 0.3) is 0 Å². The van der Waals surface area contributed by atoms with Gasteiger partial charge in [0.1, 0.15) is 0 Å². The summed E-state index contributed by atoms with van der Waals surface area (Å²) in [5, 5.41) is 1.08. The van der Waals surface area contributed by atoms with Gasteiger partial charge in [-0.2, -0.15) is 0 Å². The molecular formula is C17H18N2O2. The zero-order valence-corrected chi connectivity index (χ0v) is 12.0. The van der Waals surface area contributed by atoms with Crippen molar-refractivity contribution in [2.24, 2.45) is 0 Å². The highest BCUT2D eigenvalue weighted by Crippen LogP contribution is 2.17. The highest BCUT2D eigenvalue weighted by Gasteiger charge is 2.19. The van der Waals surface area contributed by atoms with Crippen molar-refractivity contribution in [2.75, 3.05) is 19.7 Å². The van der Waals surface area contributed by atoms with E-state index in [1.165, 1.54) is 0 Å². The van der Waals surface area contributed by atoms with Crippen molar-refractivity contribution in [2.45, 2.75) is 13.0 Å². The van der Waals surface area contributed by atoms with Crippen molar-refractivity contribution < 1.29 is 9.53 Å². The highest BCUT2D eigenvalue weighted by atomic mass is 16.5. The average molecular weight is 282 g/mol. The number of ether oxygens (including phenoxy) is 1. The lowest BCUT2D eigenvalue weighted by Crippen LogP contribution is -2.43. The molecule has 2 heterocycles. The zero-order valence-electron chi connectivity index (χ0n) is 12.0. The maximum atomic E-state index is 12.2. The minimum Gasteiger partial charge on any atom is -0.375 e. The minimum atomic E-state index is 0.0260. The third kappa shape index (κ3) is 3.11. The number of amides is 1. The molecule has 21 heavy (non-hydrogen) atoms. The van der Waals surface area contributed by atoms with Gasteiger partial charge in [-0.3, -0.25) is 9.78 Å². The standard InChI is InChI=1S/C17H18N2O2/c1-13-12-19(10-11-21-13)16(20)8-7-15-5-2-4-14-6-3-9-18-17(14)15/h2-9,13H,10-12H2,1H3/b8-7+. The van der Waals surface area contributed by atoms with Crippen LogP contribution >= 0.6 is 0 Å². The van der Waals surface area contributed by atoms with E-state index in [4.69, 9.17) is 4.74 Å². The molecule has 0 spiro atoms. The SMILES string of the molecule is CC1CN(C(=O)/C=C/c2cccc3cccnc23)CCO1. The summed E-state index contributed by atoms with van der Waals surface area (Å²) in [5.74, 6) is 0.0260. The Kier molecular flexibility index (Phi) is 3.97. The molecule has 1 aromatic heterocycles. The van der Waals surface area contributed by atoms with Crippen LogP contribution in [-0.4, -0.2) is 41.6 Å². The van der Waals surface area contributed by atoms with E-state index in [2.05, 4.69) is 4.98 Å². The van der Waals surface area contributed by atoms with Crippen molar-refractivity contribution in [1.29, 1.82) is 0 Å². The van der Waals surface area contributed by atoms with Crippen LogP contribution in [0.5, 0.6) is 0 Å². The summed E-state index contributed by atoms with van der Waals surface area (Å²) in [4.78, 5) is 18.4. The molecule has 1 aromatic carbocycles. The van der Waals surface area contributed by atoms with Crippen molar-refractivity contribution >= 4 is 22.9 Å². The Morgan fingerprint density at radius 2 is 2.24 bits per heavy atom. The Labute approximate surface area is 124 Å². The molecule has 4 nitrogen and oxygen atoms in total. The van der Waals surface area contributed by atoms with Crippen LogP contribution in [0.2, 0.25) is 0 Å². The molecule has 0 aliphatic carbocycles. The number of carbonyl (C=O) groups excluding carboxylic acids is 1. The summed E-state index contributed by atoms with van der Waals surface area (Å²) >= 11 is 0. The van der Waals surface area contributed by atoms with Gasteiger partial charge >= 0.3 is 0 Å². The first-order chi connectivity index (χ1) is 10.2. The second-order valence-electron chi connectivity index (χ2n) is 5.22. The average Bonchev–Trinajstić information content (AvgIpc) is 2.52.